The lowest BCUT2D eigenvalue weighted by molar-refractivity contribution is 0.0954. The molecular weight excluding hydrogens is 386 g/mol. The van der Waals surface area contributed by atoms with Crippen molar-refractivity contribution in [3.05, 3.63) is 29.8 Å². The Labute approximate surface area is 169 Å². The van der Waals surface area contributed by atoms with E-state index in [4.69, 9.17) is 0 Å². The van der Waals surface area contributed by atoms with Crippen LogP contribution in [0.1, 0.15) is 62.2 Å². The lowest BCUT2D eigenvalue weighted by Gasteiger charge is -2.17. The highest BCUT2D eigenvalue weighted by Gasteiger charge is 2.16. The van der Waals surface area contributed by atoms with Crippen LogP contribution in [-0.2, 0) is 10.0 Å². The van der Waals surface area contributed by atoms with Crippen LogP contribution in [0.3, 0.4) is 0 Å². The lowest BCUT2D eigenvalue weighted by Crippen LogP contribution is -2.37. The summed E-state index contributed by atoms with van der Waals surface area (Å²) in [6, 6.07) is 7.25. The van der Waals surface area contributed by atoms with E-state index in [1.54, 1.807) is 31.2 Å². The van der Waals surface area contributed by atoms with Crippen molar-refractivity contribution in [2.75, 3.05) is 23.6 Å². The minimum absolute atomic E-state index is 0. The first-order valence-electron chi connectivity index (χ1n) is 9.63. The lowest BCUT2D eigenvalue weighted by atomic mass is 10.1. The van der Waals surface area contributed by atoms with Gasteiger partial charge in [0.15, 0.2) is 0 Å². The van der Waals surface area contributed by atoms with Gasteiger partial charge in [0.25, 0.3) is 5.91 Å². The van der Waals surface area contributed by atoms with Gasteiger partial charge >= 0.3 is 0 Å². The zero-order valence-corrected chi connectivity index (χ0v) is 17.6. The van der Waals surface area contributed by atoms with E-state index in [1.807, 2.05) is 0 Å². The quantitative estimate of drug-likeness (QED) is 0.425. The summed E-state index contributed by atoms with van der Waals surface area (Å²) >= 11 is 0. The second-order valence-corrected chi connectivity index (χ2v) is 8.71. The van der Waals surface area contributed by atoms with Gasteiger partial charge in [0, 0.05) is 19.1 Å². The van der Waals surface area contributed by atoms with Gasteiger partial charge in [0.05, 0.1) is 17.0 Å². The highest BCUT2D eigenvalue weighted by atomic mass is 35.5. The molecule has 1 aliphatic carbocycles. The van der Waals surface area contributed by atoms with Gasteiger partial charge in [-0.2, -0.15) is 0 Å². The van der Waals surface area contributed by atoms with E-state index in [9.17, 15) is 13.2 Å². The molecule has 0 aromatic heterocycles. The van der Waals surface area contributed by atoms with Crippen molar-refractivity contribution in [1.82, 2.24) is 10.6 Å². The molecule has 1 fully saturated rings. The Bertz CT molecular complexity index is 675. The highest BCUT2D eigenvalue weighted by Crippen LogP contribution is 2.18. The van der Waals surface area contributed by atoms with Gasteiger partial charge in [-0.25, -0.2) is 8.42 Å². The molecule has 0 aliphatic heterocycles. The highest BCUT2D eigenvalue weighted by molar-refractivity contribution is 7.92. The summed E-state index contributed by atoms with van der Waals surface area (Å²) in [5.41, 5.74) is 0.678. The van der Waals surface area contributed by atoms with Crippen molar-refractivity contribution in [3.63, 3.8) is 0 Å². The predicted molar refractivity (Wildman–Crippen MR) is 113 cm³/mol. The summed E-state index contributed by atoms with van der Waals surface area (Å²) in [7, 11) is -3.43. The molecule has 0 saturated heterocycles. The first-order chi connectivity index (χ1) is 12.5. The van der Waals surface area contributed by atoms with Crippen LogP contribution in [0.15, 0.2) is 24.3 Å². The van der Waals surface area contributed by atoms with Crippen molar-refractivity contribution in [3.8, 4) is 0 Å². The molecule has 154 valence electrons. The van der Waals surface area contributed by atoms with Gasteiger partial charge in [-0.05, 0) is 31.4 Å². The number of carbonyl (C=O) groups excluding carboxylic acids is 1. The average Bonchev–Trinajstić information content (AvgIpc) is 2.87. The minimum atomic E-state index is -3.43. The van der Waals surface area contributed by atoms with Crippen LogP contribution in [0.4, 0.5) is 5.69 Å². The zero-order chi connectivity index (χ0) is 18.8. The molecule has 8 heteroatoms. The summed E-state index contributed by atoms with van der Waals surface area (Å²) in [6.07, 6.45) is 8.12. The van der Waals surface area contributed by atoms with Crippen molar-refractivity contribution in [1.29, 1.82) is 0 Å². The maximum atomic E-state index is 12.4. The number of benzene rings is 1. The maximum Gasteiger partial charge on any atom is 0.253 e. The Kier molecular flexibility index (Phi) is 10.7. The van der Waals surface area contributed by atoms with E-state index in [2.05, 4.69) is 15.4 Å². The van der Waals surface area contributed by atoms with Crippen LogP contribution >= 0.6 is 12.4 Å². The fourth-order valence-corrected chi connectivity index (χ4v) is 4.44. The molecule has 2 rings (SSSR count). The molecular formula is C19H32ClN3O3S. The second kappa shape index (κ2) is 12.2. The largest absolute Gasteiger partial charge is 0.351 e. The summed E-state index contributed by atoms with van der Waals surface area (Å²) < 4.78 is 26.5. The molecule has 6 nitrogen and oxygen atoms in total. The monoisotopic (exact) mass is 417 g/mol. The van der Waals surface area contributed by atoms with Crippen molar-refractivity contribution in [2.24, 2.45) is 0 Å². The standard InChI is InChI=1S/C19H31N3O3S.ClH/c1-2-15-26(24,25)22-18-12-8-7-11-17(18)19(23)21-14-13-20-16-9-5-3-4-6-10-16;/h7-8,11-12,16,20,22H,2-6,9-10,13-15H2,1H3,(H,21,23);1H. The number of carbonyl (C=O) groups is 1. The molecule has 1 aromatic rings. The fourth-order valence-electron chi connectivity index (χ4n) is 3.29. The van der Waals surface area contributed by atoms with Crippen LogP contribution in [0, 0.1) is 0 Å². The molecule has 0 unspecified atom stereocenters. The number of hydrogen-bond acceptors (Lipinski definition) is 4. The number of hydrogen-bond donors (Lipinski definition) is 3. The first kappa shape index (κ1) is 23.7. The predicted octanol–water partition coefficient (Wildman–Crippen LogP) is 3.30. The van der Waals surface area contributed by atoms with E-state index < -0.39 is 10.0 Å². The third-order valence-electron chi connectivity index (χ3n) is 4.61. The number of sulfonamides is 1. The van der Waals surface area contributed by atoms with Crippen molar-refractivity contribution >= 4 is 34.0 Å². The zero-order valence-electron chi connectivity index (χ0n) is 16.0. The number of nitrogens with one attached hydrogen (secondary N) is 3. The molecule has 0 atom stereocenters. The van der Waals surface area contributed by atoms with Gasteiger partial charge in [0.1, 0.15) is 0 Å². The SMILES string of the molecule is CCCS(=O)(=O)Nc1ccccc1C(=O)NCCNC1CCCCCC1.Cl. The van der Waals surface area contributed by atoms with Crippen LogP contribution < -0.4 is 15.4 Å². The number of halogens is 1. The van der Waals surface area contributed by atoms with Crippen LogP contribution in [-0.4, -0.2) is 39.2 Å². The summed E-state index contributed by atoms with van der Waals surface area (Å²) in [6.45, 7) is 3.05. The van der Waals surface area contributed by atoms with E-state index in [-0.39, 0.29) is 24.1 Å². The third-order valence-corrected chi connectivity index (χ3v) is 6.09. The Morgan fingerprint density at radius 1 is 1.07 bits per heavy atom. The summed E-state index contributed by atoms with van der Waals surface area (Å²) in [5, 5.41) is 6.39. The molecule has 1 aliphatic rings. The Morgan fingerprint density at radius 3 is 2.41 bits per heavy atom. The molecule has 0 heterocycles. The second-order valence-electron chi connectivity index (χ2n) is 6.87. The smallest absolute Gasteiger partial charge is 0.253 e. The summed E-state index contributed by atoms with van der Waals surface area (Å²) in [5.74, 6) is -0.226. The normalized spacial score (nSPS) is 15.4. The number of rotatable bonds is 9. The number of anilines is 1. The van der Waals surface area contributed by atoms with Gasteiger partial charge in [-0.1, -0.05) is 44.7 Å². The third kappa shape index (κ3) is 8.49. The molecule has 3 N–H and O–H groups in total. The fraction of sp³-hybridized carbons (Fsp3) is 0.632. The molecule has 0 radical (unpaired) electrons. The van der Waals surface area contributed by atoms with Crippen molar-refractivity contribution in [2.45, 2.75) is 57.9 Å². The first-order valence-corrected chi connectivity index (χ1v) is 11.3. The van der Waals surface area contributed by atoms with E-state index in [0.717, 1.165) is 6.54 Å². The van der Waals surface area contributed by atoms with Crippen molar-refractivity contribution < 1.29 is 13.2 Å². The molecule has 1 amide bonds. The Hall–Kier alpha value is -1.31. The van der Waals surface area contributed by atoms with E-state index in [1.165, 1.54) is 38.5 Å². The molecule has 1 saturated carbocycles. The maximum absolute atomic E-state index is 12.4. The topological polar surface area (TPSA) is 87.3 Å². The van der Waals surface area contributed by atoms with Gasteiger partial charge in [-0.15, -0.1) is 12.4 Å². The average molecular weight is 418 g/mol. The van der Waals surface area contributed by atoms with E-state index in [0.29, 0.717) is 30.3 Å². The van der Waals surface area contributed by atoms with Gasteiger partial charge in [-0.3, -0.25) is 9.52 Å². The Morgan fingerprint density at radius 2 is 1.74 bits per heavy atom. The molecule has 1 aromatic carbocycles. The van der Waals surface area contributed by atoms with Crippen LogP contribution in [0.2, 0.25) is 0 Å². The van der Waals surface area contributed by atoms with Gasteiger partial charge in [0.2, 0.25) is 10.0 Å². The van der Waals surface area contributed by atoms with Crippen LogP contribution in [0.25, 0.3) is 0 Å². The van der Waals surface area contributed by atoms with Gasteiger partial charge < -0.3 is 10.6 Å². The number of amides is 1. The molecule has 0 spiro atoms. The summed E-state index contributed by atoms with van der Waals surface area (Å²) in [4.78, 5) is 12.4. The minimum Gasteiger partial charge on any atom is -0.351 e. The molecule has 27 heavy (non-hydrogen) atoms. The molecule has 0 bridgehead atoms. The number of para-hydroxylation sites is 1. The van der Waals surface area contributed by atoms with E-state index >= 15 is 0 Å². The Balaban J connectivity index is 0.00000364. The van der Waals surface area contributed by atoms with Crippen LogP contribution in [0.5, 0.6) is 0 Å².